The number of aromatic hydroxyl groups is 2. The van der Waals surface area contributed by atoms with Crippen molar-refractivity contribution in [2.75, 3.05) is 5.33 Å². The predicted octanol–water partition coefficient (Wildman–Crippen LogP) is 3.17. The molecule has 1 aromatic rings. The van der Waals surface area contributed by atoms with Crippen molar-refractivity contribution >= 4 is 21.8 Å². The van der Waals surface area contributed by atoms with Crippen molar-refractivity contribution < 1.29 is 15.0 Å². The van der Waals surface area contributed by atoms with E-state index in [-0.39, 0.29) is 28.5 Å². The molecule has 2 rings (SSSR count). The summed E-state index contributed by atoms with van der Waals surface area (Å²) in [6.45, 7) is 2.22. The molecule has 1 fully saturated rings. The lowest BCUT2D eigenvalue weighted by Gasteiger charge is -2.39. The second-order valence-electron chi connectivity index (χ2n) is 5.72. The minimum absolute atomic E-state index is 0.115. The highest BCUT2D eigenvalue weighted by molar-refractivity contribution is 9.09. The molecular weight excluding hydrogens is 322 g/mol. The Labute approximate surface area is 127 Å². The van der Waals surface area contributed by atoms with Crippen LogP contribution in [0.2, 0.25) is 0 Å². The van der Waals surface area contributed by atoms with Gasteiger partial charge in [-0.05, 0) is 43.7 Å². The second kappa shape index (κ2) is 6.04. The van der Waals surface area contributed by atoms with Crippen molar-refractivity contribution in [2.24, 2.45) is 5.92 Å². The lowest BCUT2D eigenvalue weighted by molar-refractivity contribution is 0.0871. The van der Waals surface area contributed by atoms with E-state index in [0.717, 1.165) is 25.7 Å². The molecule has 20 heavy (non-hydrogen) atoms. The number of phenols is 2. The fourth-order valence-corrected chi connectivity index (χ4v) is 3.33. The highest BCUT2D eigenvalue weighted by Gasteiger charge is 2.35. The molecule has 0 unspecified atom stereocenters. The molecule has 0 bridgehead atoms. The number of rotatable bonds is 3. The van der Waals surface area contributed by atoms with Crippen LogP contribution in [0.5, 0.6) is 11.5 Å². The van der Waals surface area contributed by atoms with E-state index in [1.54, 1.807) is 6.07 Å². The van der Waals surface area contributed by atoms with Gasteiger partial charge in [-0.3, -0.25) is 4.79 Å². The van der Waals surface area contributed by atoms with Crippen LogP contribution in [0.4, 0.5) is 0 Å². The van der Waals surface area contributed by atoms with Crippen LogP contribution in [0.1, 0.15) is 43.0 Å². The highest BCUT2D eigenvalue weighted by Crippen LogP contribution is 2.34. The van der Waals surface area contributed by atoms with E-state index >= 15 is 0 Å². The highest BCUT2D eigenvalue weighted by atomic mass is 79.9. The minimum Gasteiger partial charge on any atom is -0.504 e. The number of amides is 1. The summed E-state index contributed by atoms with van der Waals surface area (Å²) in [7, 11) is 0. The Morgan fingerprint density at radius 2 is 2.05 bits per heavy atom. The molecule has 1 saturated carbocycles. The van der Waals surface area contributed by atoms with E-state index in [2.05, 4.69) is 28.2 Å². The van der Waals surface area contributed by atoms with E-state index < -0.39 is 0 Å². The predicted molar refractivity (Wildman–Crippen MR) is 81.4 cm³/mol. The van der Waals surface area contributed by atoms with Gasteiger partial charge in [-0.1, -0.05) is 28.9 Å². The van der Waals surface area contributed by atoms with Crippen molar-refractivity contribution in [3.05, 3.63) is 23.8 Å². The molecule has 1 aromatic carbocycles. The second-order valence-corrected chi connectivity index (χ2v) is 6.28. The van der Waals surface area contributed by atoms with Crippen molar-refractivity contribution in [1.29, 1.82) is 0 Å². The number of carbonyl (C=O) groups excluding carboxylic acids is 1. The third kappa shape index (κ3) is 3.08. The van der Waals surface area contributed by atoms with E-state index in [1.807, 2.05) is 0 Å². The Balaban J connectivity index is 2.15. The third-order valence-corrected chi connectivity index (χ3v) is 5.20. The Hall–Kier alpha value is -1.23. The molecule has 1 aliphatic carbocycles. The normalized spacial score (nSPS) is 26.2. The molecule has 1 aliphatic rings. The molecule has 1 amide bonds. The van der Waals surface area contributed by atoms with Crippen molar-refractivity contribution in [3.8, 4) is 11.5 Å². The Kier molecular flexibility index (Phi) is 4.58. The fourth-order valence-electron chi connectivity index (χ4n) is 2.63. The maximum atomic E-state index is 12.3. The summed E-state index contributed by atoms with van der Waals surface area (Å²) in [6, 6.07) is 4.42. The van der Waals surface area contributed by atoms with Gasteiger partial charge in [0.15, 0.2) is 11.5 Å². The molecule has 0 aliphatic heterocycles. The third-order valence-electron chi connectivity index (χ3n) is 4.13. The number of halogens is 1. The van der Waals surface area contributed by atoms with Crippen molar-refractivity contribution in [2.45, 2.75) is 38.1 Å². The first-order chi connectivity index (χ1) is 9.47. The quantitative estimate of drug-likeness (QED) is 0.584. The largest absolute Gasteiger partial charge is 0.504 e. The molecule has 5 heteroatoms. The lowest BCUT2D eigenvalue weighted by Crippen LogP contribution is -2.52. The molecule has 0 aromatic heterocycles. The van der Waals surface area contributed by atoms with Crippen LogP contribution < -0.4 is 5.32 Å². The number of phenolic OH excluding ortho intramolecular Hbond substituents is 2. The first-order valence-corrected chi connectivity index (χ1v) is 7.99. The molecule has 0 saturated heterocycles. The van der Waals surface area contributed by atoms with E-state index in [9.17, 15) is 15.0 Å². The molecule has 0 spiro atoms. The number of carbonyl (C=O) groups is 1. The first-order valence-electron chi connectivity index (χ1n) is 6.87. The van der Waals surface area contributed by atoms with Crippen molar-refractivity contribution in [1.82, 2.24) is 5.32 Å². The van der Waals surface area contributed by atoms with Crippen LogP contribution in [-0.2, 0) is 0 Å². The van der Waals surface area contributed by atoms with Gasteiger partial charge in [0.05, 0.1) is 11.1 Å². The van der Waals surface area contributed by atoms with Gasteiger partial charge in [0.25, 0.3) is 5.91 Å². The van der Waals surface area contributed by atoms with Crippen molar-refractivity contribution in [3.63, 3.8) is 0 Å². The molecule has 0 radical (unpaired) electrons. The zero-order chi connectivity index (χ0) is 14.8. The van der Waals surface area contributed by atoms with Gasteiger partial charge < -0.3 is 15.5 Å². The van der Waals surface area contributed by atoms with Crippen LogP contribution in [0.25, 0.3) is 0 Å². The molecular formula is C15H20BrNO3. The molecule has 3 N–H and O–H groups in total. The zero-order valence-corrected chi connectivity index (χ0v) is 13.1. The van der Waals surface area contributed by atoms with Gasteiger partial charge in [0.2, 0.25) is 0 Å². The van der Waals surface area contributed by atoms with E-state index in [1.165, 1.54) is 12.1 Å². The summed E-state index contributed by atoms with van der Waals surface area (Å²) in [4.78, 5) is 12.3. The number of nitrogens with one attached hydrogen (secondary N) is 1. The average Bonchev–Trinajstić information content (AvgIpc) is 2.44. The zero-order valence-electron chi connectivity index (χ0n) is 11.5. The summed E-state index contributed by atoms with van der Waals surface area (Å²) in [5.74, 6) is -0.289. The Morgan fingerprint density at radius 1 is 1.40 bits per heavy atom. The number of hydrogen-bond acceptors (Lipinski definition) is 3. The first kappa shape index (κ1) is 15.2. The molecule has 0 heterocycles. The SMILES string of the molecule is CC1CCC(CBr)(NC(=O)c2cccc(O)c2O)CC1. The summed E-state index contributed by atoms with van der Waals surface area (Å²) in [5, 5.41) is 23.0. The van der Waals surface area contributed by atoms with Crippen LogP contribution in [0, 0.1) is 5.92 Å². The topological polar surface area (TPSA) is 69.6 Å². The maximum absolute atomic E-state index is 12.3. The Morgan fingerprint density at radius 3 is 2.65 bits per heavy atom. The Bertz CT molecular complexity index is 496. The van der Waals surface area contributed by atoms with Crippen LogP contribution in [-0.4, -0.2) is 27.0 Å². The van der Waals surface area contributed by atoms with E-state index in [4.69, 9.17) is 0 Å². The number of benzene rings is 1. The van der Waals surface area contributed by atoms with Gasteiger partial charge in [-0.2, -0.15) is 0 Å². The summed E-state index contributed by atoms with van der Waals surface area (Å²) < 4.78 is 0. The summed E-state index contributed by atoms with van der Waals surface area (Å²) in [5.41, 5.74) is -0.148. The maximum Gasteiger partial charge on any atom is 0.255 e. The average molecular weight is 342 g/mol. The van der Waals surface area contributed by atoms with Gasteiger partial charge in [-0.25, -0.2) is 0 Å². The molecule has 110 valence electrons. The van der Waals surface area contributed by atoms with Gasteiger partial charge in [-0.15, -0.1) is 0 Å². The van der Waals surface area contributed by atoms with Gasteiger partial charge in [0, 0.05) is 5.33 Å². The smallest absolute Gasteiger partial charge is 0.255 e. The molecule has 0 atom stereocenters. The van der Waals surface area contributed by atoms with Crippen LogP contribution in [0.15, 0.2) is 18.2 Å². The number of alkyl halides is 1. The number of hydrogen-bond donors (Lipinski definition) is 3. The summed E-state index contributed by atoms with van der Waals surface area (Å²) >= 11 is 3.50. The molecule has 4 nitrogen and oxygen atoms in total. The lowest BCUT2D eigenvalue weighted by atomic mass is 9.78. The standard InChI is InChI=1S/C15H20BrNO3/c1-10-5-7-15(9-16,8-6-10)17-14(20)11-3-2-4-12(18)13(11)19/h2-4,10,18-19H,5-9H2,1H3,(H,17,20). The minimum atomic E-state index is -0.362. The van der Waals surface area contributed by atoms with E-state index in [0.29, 0.717) is 11.2 Å². The summed E-state index contributed by atoms with van der Waals surface area (Å²) in [6.07, 6.45) is 4.01. The van der Waals surface area contributed by atoms with Gasteiger partial charge in [0.1, 0.15) is 0 Å². The fraction of sp³-hybridized carbons (Fsp3) is 0.533. The number of para-hydroxylation sites is 1. The van der Waals surface area contributed by atoms with Crippen LogP contribution in [0.3, 0.4) is 0 Å². The monoisotopic (exact) mass is 341 g/mol. The van der Waals surface area contributed by atoms with Crippen LogP contribution >= 0.6 is 15.9 Å². The van der Waals surface area contributed by atoms with Gasteiger partial charge >= 0.3 is 0 Å².